The van der Waals surface area contributed by atoms with Crippen LogP contribution in [0.4, 0.5) is 0 Å². The Morgan fingerprint density at radius 3 is 2.03 bits per heavy atom. The van der Waals surface area contributed by atoms with Gasteiger partial charge in [0.25, 0.3) is 0 Å². The molecule has 7 N–H and O–H groups in total. The number of carbonyl (C=O) groups is 4. The number of carbonyl (C=O) groups excluding carboxylic acids is 3. The van der Waals surface area contributed by atoms with E-state index in [1.807, 2.05) is 20.1 Å². The van der Waals surface area contributed by atoms with Gasteiger partial charge in [0.15, 0.2) is 0 Å². The first kappa shape index (κ1) is 30.6. The van der Waals surface area contributed by atoms with Gasteiger partial charge in [-0.2, -0.15) is 24.4 Å². The highest BCUT2D eigenvalue weighted by molar-refractivity contribution is 7.98. The molecule has 35 heavy (non-hydrogen) atoms. The van der Waals surface area contributed by atoms with Crippen molar-refractivity contribution in [3.05, 3.63) is 29.8 Å². The van der Waals surface area contributed by atoms with E-state index in [4.69, 9.17) is 5.73 Å². The van der Waals surface area contributed by atoms with E-state index < -0.39 is 47.9 Å². The van der Waals surface area contributed by atoms with Crippen molar-refractivity contribution in [1.29, 1.82) is 0 Å². The number of aliphatic carboxylic acids is 1. The van der Waals surface area contributed by atoms with Gasteiger partial charge in [-0.05, 0) is 48.5 Å². The topological polar surface area (TPSA) is 171 Å². The molecule has 0 spiro atoms. The Morgan fingerprint density at radius 1 is 0.971 bits per heavy atom. The quantitative estimate of drug-likeness (QED) is 0.162. The highest BCUT2D eigenvalue weighted by atomic mass is 32.2. The number of carboxylic acids is 1. The molecule has 0 aliphatic carbocycles. The van der Waals surface area contributed by atoms with Gasteiger partial charge in [0.1, 0.15) is 23.9 Å². The van der Waals surface area contributed by atoms with Crippen molar-refractivity contribution < 1.29 is 29.4 Å². The molecule has 0 saturated carbocycles. The summed E-state index contributed by atoms with van der Waals surface area (Å²) in [6.45, 7) is 3.79. The number of thioether (sulfide) groups is 1. The van der Waals surface area contributed by atoms with Gasteiger partial charge >= 0.3 is 5.97 Å². The molecule has 3 amide bonds. The second kappa shape index (κ2) is 15.5. The number of carboxylic acid groups (broad SMARTS) is 1. The number of benzene rings is 1. The third-order valence-corrected chi connectivity index (χ3v) is 6.13. The van der Waals surface area contributed by atoms with Crippen molar-refractivity contribution in [2.75, 3.05) is 17.8 Å². The first-order valence-corrected chi connectivity index (χ1v) is 13.3. The van der Waals surface area contributed by atoms with Gasteiger partial charge in [0, 0.05) is 12.2 Å². The fourth-order valence-electron chi connectivity index (χ4n) is 3.16. The molecule has 0 aliphatic rings. The van der Waals surface area contributed by atoms with Crippen LogP contribution in [0, 0.1) is 5.92 Å². The van der Waals surface area contributed by atoms with Gasteiger partial charge in [0.05, 0.1) is 6.04 Å². The maximum Gasteiger partial charge on any atom is 0.326 e. The summed E-state index contributed by atoms with van der Waals surface area (Å²) in [6.07, 6.45) is 2.67. The van der Waals surface area contributed by atoms with E-state index in [2.05, 4.69) is 28.6 Å². The van der Waals surface area contributed by atoms with Gasteiger partial charge in [0.2, 0.25) is 17.7 Å². The normalized spacial score (nSPS) is 14.5. The van der Waals surface area contributed by atoms with Gasteiger partial charge in [-0.15, -0.1) is 0 Å². The third kappa shape index (κ3) is 11.2. The lowest BCUT2D eigenvalue weighted by Crippen LogP contribution is -2.58. The van der Waals surface area contributed by atoms with Crippen molar-refractivity contribution in [2.45, 2.75) is 57.3 Å². The number of phenols is 1. The average Bonchev–Trinajstić information content (AvgIpc) is 2.80. The molecule has 196 valence electrons. The summed E-state index contributed by atoms with van der Waals surface area (Å²) in [5, 5.41) is 26.6. The Hall–Kier alpha value is -2.44. The van der Waals surface area contributed by atoms with Crippen LogP contribution < -0.4 is 21.7 Å². The van der Waals surface area contributed by atoms with E-state index in [0.717, 1.165) is 0 Å². The highest BCUT2D eigenvalue weighted by Gasteiger charge is 2.30. The summed E-state index contributed by atoms with van der Waals surface area (Å²) in [7, 11) is 0. The molecule has 12 heteroatoms. The first-order chi connectivity index (χ1) is 16.5. The minimum Gasteiger partial charge on any atom is -0.508 e. The van der Waals surface area contributed by atoms with E-state index in [1.54, 1.807) is 23.9 Å². The molecule has 4 atom stereocenters. The Balaban J connectivity index is 2.86. The number of nitrogens with one attached hydrogen (secondary N) is 3. The minimum absolute atomic E-state index is 0.0193. The van der Waals surface area contributed by atoms with Crippen LogP contribution in [0.25, 0.3) is 0 Å². The standard InChI is InChI=1S/C23H36N4O6S2/c1-13(2)10-17(25-20(29)16(24)8-9-35-3)21(30)27-19(12-34)22(31)26-18(23(32)33)11-14-4-6-15(28)7-5-14/h4-7,13,16-19,28,34H,8-12,24H2,1-3H3,(H,25,29)(H,26,31)(H,27,30)(H,32,33). The van der Waals surface area contributed by atoms with Gasteiger partial charge < -0.3 is 31.9 Å². The van der Waals surface area contributed by atoms with Crippen LogP contribution in [0.15, 0.2) is 24.3 Å². The third-order valence-electron chi connectivity index (χ3n) is 5.12. The molecular formula is C23H36N4O6S2. The summed E-state index contributed by atoms with van der Waals surface area (Å²) >= 11 is 5.69. The minimum atomic E-state index is -1.26. The number of hydrogen-bond acceptors (Lipinski definition) is 8. The summed E-state index contributed by atoms with van der Waals surface area (Å²) in [6, 6.07) is 1.90. The van der Waals surface area contributed by atoms with Crippen LogP contribution in [0.3, 0.4) is 0 Å². The molecule has 0 radical (unpaired) electrons. The second-order valence-corrected chi connectivity index (χ2v) is 9.94. The lowest BCUT2D eigenvalue weighted by molar-refractivity contribution is -0.142. The smallest absolute Gasteiger partial charge is 0.326 e. The second-order valence-electron chi connectivity index (χ2n) is 8.59. The van der Waals surface area contributed by atoms with Gasteiger partial charge in [-0.1, -0.05) is 26.0 Å². The number of rotatable bonds is 15. The van der Waals surface area contributed by atoms with E-state index in [1.165, 1.54) is 12.1 Å². The predicted octanol–water partition coefficient (Wildman–Crippen LogP) is 0.530. The number of nitrogens with two attached hydrogens (primary N) is 1. The van der Waals surface area contributed by atoms with Crippen LogP contribution in [-0.2, 0) is 25.6 Å². The molecule has 0 heterocycles. The molecule has 0 aliphatic heterocycles. The lowest BCUT2D eigenvalue weighted by Gasteiger charge is -2.25. The maximum atomic E-state index is 12.9. The lowest BCUT2D eigenvalue weighted by atomic mass is 10.0. The van der Waals surface area contributed by atoms with Gasteiger partial charge in [-0.3, -0.25) is 14.4 Å². The zero-order chi connectivity index (χ0) is 26.5. The van der Waals surface area contributed by atoms with Crippen LogP contribution in [0.5, 0.6) is 5.75 Å². The van der Waals surface area contributed by atoms with E-state index >= 15 is 0 Å². The van der Waals surface area contributed by atoms with Crippen LogP contribution in [-0.4, -0.2) is 75.8 Å². The molecule has 1 aromatic rings. The average molecular weight is 529 g/mol. The Bertz CT molecular complexity index is 853. The molecule has 4 unspecified atom stereocenters. The summed E-state index contributed by atoms with van der Waals surface area (Å²) in [4.78, 5) is 49.9. The number of amides is 3. The number of phenolic OH excluding ortho intramolecular Hbond substituents is 1. The summed E-state index contributed by atoms with van der Waals surface area (Å²) in [5.74, 6) is -2.28. The molecule has 1 rings (SSSR count). The molecule has 1 aromatic carbocycles. The fraction of sp³-hybridized carbons (Fsp3) is 0.565. The molecular weight excluding hydrogens is 492 g/mol. The monoisotopic (exact) mass is 528 g/mol. The van der Waals surface area contributed by atoms with Crippen LogP contribution in [0.2, 0.25) is 0 Å². The van der Waals surface area contributed by atoms with Gasteiger partial charge in [-0.25, -0.2) is 4.79 Å². The molecule has 0 bridgehead atoms. The predicted molar refractivity (Wildman–Crippen MR) is 140 cm³/mol. The highest BCUT2D eigenvalue weighted by Crippen LogP contribution is 2.12. The van der Waals surface area contributed by atoms with Crippen LogP contribution >= 0.6 is 24.4 Å². The zero-order valence-electron chi connectivity index (χ0n) is 20.2. The van der Waals surface area contributed by atoms with Crippen LogP contribution in [0.1, 0.15) is 32.3 Å². The first-order valence-electron chi connectivity index (χ1n) is 11.3. The largest absolute Gasteiger partial charge is 0.508 e. The van der Waals surface area contributed by atoms with E-state index in [-0.39, 0.29) is 23.8 Å². The van der Waals surface area contributed by atoms with Crippen molar-refractivity contribution in [2.24, 2.45) is 11.7 Å². The Labute approximate surface area is 215 Å². The zero-order valence-corrected chi connectivity index (χ0v) is 21.9. The van der Waals surface area contributed by atoms with Crippen molar-refractivity contribution >= 4 is 48.1 Å². The number of thiol groups is 1. The molecule has 0 fully saturated rings. The van der Waals surface area contributed by atoms with Crippen molar-refractivity contribution in [3.63, 3.8) is 0 Å². The maximum absolute atomic E-state index is 12.9. The number of hydrogen-bond donors (Lipinski definition) is 7. The Kier molecular flexibility index (Phi) is 13.6. The van der Waals surface area contributed by atoms with Crippen molar-refractivity contribution in [1.82, 2.24) is 16.0 Å². The van der Waals surface area contributed by atoms with Crippen molar-refractivity contribution in [3.8, 4) is 5.75 Å². The molecule has 10 nitrogen and oxygen atoms in total. The van der Waals surface area contributed by atoms with E-state index in [9.17, 15) is 29.4 Å². The Morgan fingerprint density at radius 2 is 1.51 bits per heavy atom. The summed E-state index contributed by atoms with van der Waals surface area (Å²) in [5.41, 5.74) is 6.51. The van der Waals surface area contributed by atoms with E-state index in [0.29, 0.717) is 24.2 Å². The number of aromatic hydroxyl groups is 1. The SMILES string of the molecule is CSCCC(N)C(=O)NC(CC(C)C)C(=O)NC(CS)C(=O)NC(Cc1ccc(O)cc1)C(=O)O. The molecule has 0 aromatic heterocycles. The fourth-order valence-corrected chi connectivity index (χ4v) is 3.91. The molecule has 0 saturated heterocycles. The summed E-state index contributed by atoms with van der Waals surface area (Å²) < 4.78 is 0.